The maximum atomic E-state index is 5.22. The minimum absolute atomic E-state index is 0.283. The summed E-state index contributed by atoms with van der Waals surface area (Å²) in [5.74, 6) is 0.283. The number of aromatic nitrogens is 3. The summed E-state index contributed by atoms with van der Waals surface area (Å²) in [4.78, 5) is 0. The van der Waals surface area contributed by atoms with E-state index < -0.39 is 0 Å². The highest BCUT2D eigenvalue weighted by Crippen LogP contribution is 2.28. The number of hydrogen-bond acceptors (Lipinski definition) is 6. The quantitative estimate of drug-likeness (QED) is 0.844. The first kappa shape index (κ1) is 14.8. The largest absolute Gasteiger partial charge is 0.385 e. The van der Waals surface area contributed by atoms with Gasteiger partial charge in [-0.05, 0) is 20.3 Å². The third-order valence-corrected chi connectivity index (χ3v) is 4.10. The molecule has 2 heterocycles. The molecule has 1 aliphatic heterocycles. The van der Waals surface area contributed by atoms with Crippen molar-refractivity contribution >= 4 is 0 Å². The van der Waals surface area contributed by atoms with Crippen LogP contribution < -0.4 is 0 Å². The minimum atomic E-state index is 0.283. The Morgan fingerprint density at radius 2 is 2.05 bits per heavy atom. The van der Waals surface area contributed by atoms with E-state index in [-0.39, 0.29) is 5.92 Å². The Bertz CT molecular complexity index is 457. The van der Waals surface area contributed by atoms with E-state index in [0.29, 0.717) is 6.61 Å². The second-order valence-electron chi connectivity index (χ2n) is 5.14. The molecule has 0 saturated heterocycles. The zero-order chi connectivity index (χ0) is 14.7. The molecule has 0 saturated carbocycles. The van der Waals surface area contributed by atoms with Gasteiger partial charge in [-0.2, -0.15) is 0 Å². The average molecular weight is 280 g/mol. The van der Waals surface area contributed by atoms with Crippen LogP contribution in [0.3, 0.4) is 0 Å². The molecule has 0 aromatic carbocycles. The molecule has 1 aromatic heterocycles. The van der Waals surface area contributed by atoms with Crippen LogP contribution in [-0.4, -0.2) is 64.9 Å². The number of aromatic amines is 1. The summed E-state index contributed by atoms with van der Waals surface area (Å²) >= 11 is 0. The van der Waals surface area contributed by atoms with Crippen LogP contribution in [0.15, 0.2) is 17.6 Å². The number of nitrogens with one attached hydrogen (secondary N) is 1. The van der Waals surface area contributed by atoms with Crippen molar-refractivity contribution in [3.8, 4) is 0 Å². The third kappa shape index (κ3) is 2.78. The second-order valence-corrected chi connectivity index (χ2v) is 5.14. The number of rotatable bonds is 6. The van der Waals surface area contributed by atoms with E-state index in [9.17, 15) is 0 Å². The van der Waals surface area contributed by atoms with Crippen molar-refractivity contribution in [2.75, 3.05) is 34.4 Å². The molecular formula is C13H24N6O. The molecule has 1 unspecified atom stereocenters. The number of hydrazine groups is 2. The number of allylic oxidation sites excluding steroid dienone is 2. The Labute approximate surface area is 120 Å². The van der Waals surface area contributed by atoms with E-state index in [4.69, 9.17) is 4.74 Å². The van der Waals surface area contributed by atoms with Crippen molar-refractivity contribution in [2.45, 2.75) is 26.2 Å². The monoisotopic (exact) mass is 280 g/mol. The SMILES string of the molecule is COCCC(CN1C(C)=C(C)N(C)N1C)c1c[nH]nn1. The van der Waals surface area contributed by atoms with Gasteiger partial charge in [0.2, 0.25) is 0 Å². The Hall–Kier alpha value is -1.60. The second kappa shape index (κ2) is 6.23. The Morgan fingerprint density at radius 1 is 1.30 bits per heavy atom. The van der Waals surface area contributed by atoms with Crippen LogP contribution in [0, 0.1) is 0 Å². The van der Waals surface area contributed by atoms with Gasteiger partial charge in [-0.15, -0.1) is 10.2 Å². The fourth-order valence-corrected chi connectivity index (χ4v) is 2.48. The average Bonchev–Trinajstić information content (AvgIpc) is 3.03. The van der Waals surface area contributed by atoms with E-state index >= 15 is 0 Å². The third-order valence-electron chi connectivity index (χ3n) is 4.10. The van der Waals surface area contributed by atoms with Crippen LogP contribution in [0.4, 0.5) is 0 Å². The lowest BCUT2D eigenvalue weighted by molar-refractivity contribution is -0.0837. The highest BCUT2D eigenvalue weighted by atomic mass is 16.5. The van der Waals surface area contributed by atoms with Crippen LogP contribution in [0.1, 0.15) is 31.9 Å². The lowest BCUT2D eigenvalue weighted by atomic mass is 10.0. The number of methoxy groups -OCH3 is 1. The van der Waals surface area contributed by atoms with Crippen molar-refractivity contribution in [1.29, 1.82) is 0 Å². The predicted molar refractivity (Wildman–Crippen MR) is 76.2 cm³/mol. The number of nitrogens with zero attached hydrogens (tertiary/aromatic N) is 5. The Balaban J connectivity index is 2.12. The van der Waals surface area contributed by atoms with Crippen molar-refractivity contribution in [3.63, 3.8) is 0 Å². The van der Waals surface area contributed by atoms with Crippen LogP contribution in [0.2, 0.25) is 0 Å². The molecule has 2 rings (SSSR count). The molecule has 0 aliphatic carbocycles. The van der Waals surface area contributed by atoms with E-state index in [2.05, 4.69) is 58.5 Å². The van der Waals surface area contributed by atoms with Gasteiger partial charge in [0.05, 0.1) is 5.69 Å². The highest BCUT2D eigenvalue weighted by molar-refractivity contribution is 5.12. The predicted octanol–water partition coefficient (Wildman–Crippen LogP) is 1.19. The first-order chi connectivity index (χ1) is 9.56. The van der Waals surface area contributed by atoms with Crippen LogP contribution in [0.25, 0.3) is 0 Å². The van der Waals surface area contributed by atoms with Gasteiger partial charge in [-0.1, -0.05) is 5.21 Å². The molecule has 0 spiro atoms. The normalized spacial score (nSPS) is 18.2. The molecule has 0 fully saturated rings. The van der Waals surface area contributed by atoms with Gasteiger partial charge in [0.1, 0.15) is 0 Å². The molecule has 20 heavy (non-hydrogen) atoms. The number of H-pyrrole nitrogens is 1. The fourth-order valence-electron chi connectivity index (χ4n) is 2.48. The van der Waals surface area contributed by atoms with Crippen LogP contribution in [0.5, 0.6) is 0 Å². The standard InChI is InChI=1S/C13H24N6O/c1-10-11(2)19(18(4)17(10)3)9-12(6-7-20-5)13-8-14-16-15-13/h8,12H,6-7,9H2,1-5H3,(H,14,15,16). The maximum absolute atomic E-state index is 5.22. The van der Waals surface area contributed by atoms with Gasteiger partial charge in [-0.25, -0.2) is 0 Å². The first-order valence-corrected chi connectivity index (χ1v) is 6.83. The van der Waals surface area contributed by atoms with Crippen LogP contribution >= 0.6 is 0 Å². The maximum Gasteiger partial charge on any atom is 0.0874 e. The van der Waals surface area contributed by atoms with E-state index in [0.717, 1.165) is 18.7 Å². The molecule has 0 amide bonds. The Morgan fingerprint density at radius 3 is 2.55 bits per heavy atom. The molecule has 0 radical (unpaired) electrons. The molecule has 0 bridgehead atoms. The van der Waals surface area contributed by atoms with E-state index in [1.165, 1.54) is 11.4 Å². The molecule has 1 aliphatic rings. The summed E-state index contributed by atoms with van der Waals surface area (Å²) in [6.07, 6.45) is 2.79. The smallest absolute Gasteiger partial charge is 0.0874 e. The van der Waals surface area contributed by atoms with Gasteiger partial charge in [-0.3, -0.25) is 15.1 Å². The summed E-state index contributed by atoms with van der Waals surface area (Å²) in [7, 11) is 5.86. The molecule has 7 heteroatoms. The van der Waals surface area contributed by atoms with Crippen molar-refractivity contribution in [3.05, 3.63) is 23.3 Å². The Kier molecular flexibility index (Phi) is 4.61. The summed E-state index contributed by atoms with van der Waals surface area (Å²) in [6, 6.07) is 0. The zero-order valence-electron chi connectivity index (χ0n) is 12.9. The molecule has 1 atom stereocenters. The van der Waals surface area contributed by atoms with Crippen molar-refractivity contribution in [2.24, 2.45) is 0 Å². The molecule has 112 valence electrons. The van der Waals surface area contributed by atoms with Crippen molar-refractivity contribution < 1.29 is 4.74 Å². The lowest BCUT2D eigenvalue weighted by Crippen LogP contribution is -2.42. The lowest BCUT2D eigenvalue weighted by Gasteiger charge is -2.34. The summed E-state index contributed by atoms with van der Waals surface area (Å²) in [5.41, 5.74) is 3.51. The van der Waals surface area contributed by atoms with E-state index in [1.807, 2.05) is 6.20 Å². The fraction of sp³-hybridized carbons (Fsp3) is 0.692. The number of ether oxygens (including phenoxy) is 1. The van der Waals surface area contributed by atoms with Gasteiger partial charge < -0.3 is 4.74 Å². The van der Waals surface area contributed by atoms with Crippen molar-refractivity contribution in [1.82, 2.24) is 30.5 Å². The molecule has 1 aromatic rings. The minimum Gasteiger partial charge on any atom is -0.385 e. The van der Waals surface area contributed by atoms with E-state index in [1.54, 1.807) is 7.11 Å². The van der Waals surface area contributed by atoms with Gasteiger partial charge >= 0.3 is 0 Å². The topological polar surface area (TPSA) is 60.5 Å². The zero-order valence-corrected chi connectivity index (χ0v) is 12.9. The molecule has 7 nitrogen and oxygen atoms in total. The highest BCUT2D eigenvalue weighted by Gasteiger charge is 2.29. The molecule has 1 N–H and O–H groups in total. The summed E-state index contributed by atoms with van der Waals surface area (Å²) in [6.45, 7) is 5.85. The van der Waals surface area contributed by atoms with Gasteiger partial charge in [0.15, 0.2) is 0 Å². The van der Waals surface area contributed by atoms with Gasteiger partial charge in [0.25, 0.3) is 0 Å². The van der Waals surface area contributed by atoms with Gasteiger partial charge in [0, 0.05) is 57.9 Å². The van der Waals surface area contributed by atoms with Crippen LogP contribution in [-0.2, 0) is 4.74 Å². The summed E-state index contributed by atoms with van der Waals surface area (Å²) < 4.78 is 5.22. The first-order valence-electron chi connectivity index (χ1n) is 6.83. The number of hydrogen-bond donors (Lipinski definition) is 1. The summed E-state index contributed by atoms with van der Waals surface area (Å²) in [5, 5.41) is 17.3. The molecular weight excluding hydrogens is 256 g/mol.